The van der Waals surface area contributed by atoms with E-state index < -0.39 is 41.8 Å². The van der Waals surface area contributed by atoms with Crippen LogP contribution in [0.2, 0.25) is 0 Å². The van der Waals surface area contributed by atoms with E-state index in [0.29, 0.717) is 28.7 Å². The molecule has 1 unspecified atom stereocenters. The Balaban J connectivity index is 2.05. The van der Waals surface area contributed by atoms with Gasteiger partial charge in [0.05, 0.1) is 5.56 Å². The van der Waals surface area contributed by atoms with Gasteiger partial charge in [0.1, 0.15) is 12.3 Å². The van der Waals surface area contributed by atoms with Crippen LogP contribution < -0.4 is 10.9 Å². The summed E-state index contributed by atoms with van der Waals surface area (Å²) in [6, 6.07) is 2.77. The third kappa shape index (κ3) is 5.43. The maximum absolute atomic E-state index is 12.7. The lowest BCUT2D eigenvalue weighted by Gasteiger charge is -2.16. The molecule has 0 aliphatic heterocycles. The van der Waals surface area contributed by atoms with Crippen LogP contribution in [-0.4, -0.2) is 27.7 Å². The van der Waals surface area contributed by atoms with Crippen LogP contribution in [0.25, 0.3) is 0 Å². The molecular formula is C16H16F3N3O5. The largest absolute Gasteiger partial charge is 0.451 e. The summed E-state index contributed by atoms with van der Waals surface area (Å²) in [6.07, 6.45) is -5.26. The number of aryl methyl sites for hydroxylation is 1. The number of amides is 1. The molecule has 2 heterocycles. The van der Waals surface area contributed by atoms with Crippen LogP contribution in [0.15, 0.2) is 33.7 Å². The summed E-state index contributed by atoms with van der Waals surface area (Å²) in [7, 11) is 0. The fourth-order valence-electron chi connectivity index (χ4n) is 2.11. The predicted molar refractivity (Wildman–Crippen MR) is 85.7 cm³/mol. The van der Waals surface area contributed by atoms with E-state index in [-0.39, 0.29) is 12.2 Å². The first kappa shape index (κ1) is 20.2. The summed E-state index contributed by atoms with van der Waals surface area (Å²) < 4.78 is 48.5. The van der Waals surface area contributed by atoms with Crippen molar-refractivity contribution in [2.45, 2.75) is 39.1 Å². The molecule has 0 fully saturated rings. The molecule has 27 heavy (non-hydrogen) atoms. The number of nitrogens with zero attached hydrogens (tertiary/aromatic N) is 2. The third-order valence-corrected chi connectivity index (χ3v) is 3.43. The van der Waals surface area contributed by atoms with Gasteiger partial charge in [-0.3, -0.25) is 14.4 Å². The number of halogens is 3. The number of alkyl halides is 3. The molecule has 0 spiro atoms. The Hall–Kier alpha value is -3.11. The summed E-state index contributed by atoms with van der Waals surface area (Å²) in [5.74, 6) is -1.13. The topological polar surface area (TPSA) is 103 Å². The summed E-state index contributed by atoms with van der Waals surface area (Å²) >= 11 is 0. The predicted octanol–water partition coefficient (Wildman–Crippen LogP) is 2.12. The van der Waals surface area contributed by atoms with Crippen molar-refractivity contribution < 1.29 is 32.0 Å². The van der Waals surface area contributed by atoms with E-state index in [2.05, 4.69) is 10.5 Å². The number of aromatic nitrogens is 2. The van der Waals surface area contributed by atoms with Crippen LogP contribution in [0.3, 0.4) is 0 Å². The van der Waals surface area contributed by atoms with Crippen LogP contribution in [0.5, 0.6) is 0 Å². The van der Waals surface area contributed by atoms with Gasteiger partial charge in [0.2, 0.25) is 0 Å². The van der Waals surface area contributed by atoms with E-state index in [1.54, 1.807) is 13.8 Å². The smallest absolute Gasteiger partial charge is 0.417 e. The first-order chi connectivity index (χ1) is 12.6. The normalized spacial score (nSPS) is 12.5. The molecular weight excluding hydrogens is 371 g/mol. The van der Waals surface area contributed by atoms with Crippen LogP contribution in [0.4, 0.5) is 19.0 Å². The molecule has 2 aromatic rings. The van der Waals surface area contributed by atoms with E-state index >= 15 is 0 Å². The Morgan fingerprint density at radius 1 is 1.37 bits per heavy atom. The number of nitrogens with one attached hydrogen (secondary N) is 1. The Labute approximate surface area is 150 Å². The summed E-state index contributed by atoms with van der Waals surface area (Å²) in [5.41, 5.74) is -1.89. The van der Waals surface area contributed by atoms with E-state index in [1.165, 1.54) is 6.07 Å². The molecule has 1 atom stereocenters. The van der Waals surface area contributed by atoms with Crippen molar-refractivity contribution in [3.63, 3.8) is 0 Å². The Morgan fingerprint density at radius 2 is 2.07 bits per heavy atom. The number of carbonyl (C=O) groups is 2. The summed E-state index contributed by atoms with van der Waals surface area (Å²) in [6.45, 7) is 2.42. The first-order valence-corrected chi connectivity index (χ1v) is 7.81. The van der Waals surface area contributed by atoms with Gasteiger partial charge in [-0.15, -0.1) is 0 Å². The number of pyridine rings is 1. The molecule has 0 radical (unpaired) electrons. The minimum absolute atomic E-state index is 0.103. The fourth-order valence-corrected chi connectivity index (χ4v) is 2.11. The van der Waals surface area contributed by atoms with Crippen LogP contribution in [0.1, 0.15) is 24.7 Å². The molecule has 2 aromatic heterocycles. The standard InChI is InChI=1S/C16H16F3N3O5/c1-3-11(15(25)20-12-6-9(2)27-21-12)26-14(24)8-22-7-10(16(17,18)19)4-5-13(22)23/h4-7,11H,3,8H2,1-2H3,(H,20,21,25). The average molecular weight is 387 g/mol. The molecule has 0 saturated carbocycles. The van der Waals surface area contributed by atoms with Crippen molar-refractivity contribution in [2.75, 3.05) is 5.32 Å². The molecule has 1 amide bonds. The Bertz CT molecular complexity index is 888. The Kier molecular flexibility index (Phi) is 6.03. The zero-order valence-electron chi connectivity index (χ0n) is 14.4. The van der Waals surface area contributed by atoms with Gasteiger partial charge in [0, 0.05) is 18.3 Å². The summed E-state index contributed by atoms with van der Waals surface area (Å²) in [4.78, 5) is 35.7. The molecule has 146 valence electrons. The lowest BCUT2D eigenvalue weighted by molar-refractivity contribution is -0.155. The lowest BCUT2D eigenvalue weighted by atomic mass is 10.2. The average Bonchev–Trinajstić information content (AvgIpc) is 2.98. The number of ether oxygens (including phenoxy) is 1. The van der Waals surface area contributed by atoms with Gasteiger partial charge in [-0.2, -0.15) is 13.2 Å². The van der Waals surface area contributed by atoms with Gasteiger partial charge in [0.15, 0.2) is 11.9 Å². The molecule has 0 bridgehead atoms. The van der Waals surface area contributed by atoms with Gasteiger partial charge in [-0.1, -0.05) is 12.1 Å². The number of esters is 1. The van der Waals surface area contributed by atoms with Gasteiger partial charge in [0.25, 0.3) is 11.5 Å². The van der Waals surface area contributed by atoms with Gasteiger partial charge in [-0.25, -0.2) is 0 Å². The van der Waals surface area contributed by atoms with Crippen molar-refractivity contribution in [3.8, 4) is 0 Å². The highest BCUT2D eigenvalue weighted by atomic mass is 19.4. The molecule has 11 heteroatoms. The highest BCUT2D eigenvalue weighted by Gasteiger charge is 2.31. The minimum Gasteiger partial charge on any atom is -0.451 e. The molecule has 1 N–H and O–H groups in total. The van der Waals surface area contributed by atoms with Crippen molar-refractivity contribution in [3.05, 3.63) is 46.1 Å². The van der Waals surface area contributed by atoms with Crippen molar-refractivity contribution in [2.24, 2.45) is 0 Å². The van der Waals surface area contributed by atoms with E-state index in [4.69, 9.17) is 9.26 Å². The van der Waals surface area contributed by atoms with E-state index in [1.807, 2.05) is 0 Å². The fraction of sp³-hybridized carbons (Fsp3) is 0.375. The number of carbonyl (C=O) groups excluding carboxylic acids is 2. The molecule has 0 aromatic carbocycles. The highest BCUT2D eigenvalue weighted by molar-refractivity contribution is 5.94. The lowest BCUT2D eigenvalue weighted by Crippen LogP contribution is -2.34. The SMILES string of the molecule is CCC(OC(=O)Cn1cc(C(F)(F)F)ccc1=O)C(=O)Nc1cc(C)on1. The second kappa shape index (κ2) is 8.06. The van der Waals surface area contributed by atoms with Crippen molar-refractivity contribution in [1.82, 2.24) is 9.72 Å². The minimum atomic E-state index is -4.67. The zero-order valence-corrected chi connectivity index (χ0v) is 14.4. The first-order valence-electron chi connectivity index (χ1n) is 7.81. The van der Waals surface area contributed by atoms with Crippen molar-refractivity contribution >= 4 is 17.7 Å². The quantitative estimate of drug-likeness (QED) is 0.762. The number of anilines is 1. The second-order valence-electron chi connectivity index (χ2n) is 5.58. The molecule has 2 rings (SSSR count). The summed E-state index contributed by atoms with van der Waals surface area (Å²) in [5, 5.41) is 5.95. The molecule has 8 nitrogen and oxygen atoms in total. The van der Waals surface area contributed by atoms with E-state index in [9.17, 15) is 27.6 Å². The van der Waals surface area contributed by atoms with Crippen molar-refractivity contribution in [1.29, 1.82) is 0 Å². The van der Waals surface area contributed by atoms with Crippen LogP contribution in [0, 0.1) is 6.92 Å². The van der Waals surface area contributed by atoms with E-state index in [0.717, 1.165) is 0 Å². The van der Waals surface area contributed by atoms with Gasteiger partial charge in [-0.05, 0) is 19.4 Å². The Morgan fingerprint density at radius 3 is 2.63 bits per heavy atom. The van der Waals surface area contributed by atoms with Crippen LogP contribution >= 0.6 is 0 Å². The molecule has 0 saturated heterocycles. The molecule has 0 aliphatic carbocycles. The number of hydrogen-bond acceptors (Lipinski definition) is 6. The second-order valence-corrected chi connectivity index (χ2v) is 5.58. The monoisotopic (exact) mass is 387 g/mol. The number of hydrogen-bond donors (Lipinski definition) is 1. The number of rotatable bonds is 6. The maximum Gasteiger partial charge on any atom is 0.417 e. The highest BCUT2D eigenvalue weighted by Crippen LogP contribution is 2.28. The third-order valence-electron chi connectivity index (χ3n) is 3.43. The zero-order chi connectivity index (χ0) is 20.2. The molecule has 0 aliphatic rings. The van der Waals surface area contributed by atoms with Gasteiger partial charge >= 0.3 is 12.1 Å². The van der Waals surface area contributed by atoms with Gasteiger partial charge < -0.3 is 19.1 Å². The van der Waals surface area contributed by atoms with Crippen LogP contribution in [-0.2, 0) is 27.0 Å². The maximum atomic E-state index is 12.7.